The normalized spacial score (nSPS) is 10.5. The fourth-order valence-corrected chi connectivity index (χ4v) is 1.02. The summed E-state index contributed by atoms with van der Waals surface area (Å²) in [4.78, 5) is 14.7. The van der Waals surface area contributed by atoms with E-state index in [2.05, 4.69) is 9.73 Å². The van der Waals surface area contributed by atoms with Crippen LogP contribution in [0.25, 0.3) is 0 Å². The fraction of sp³-hybridized carbons (Fsp3) is 0.273. The van der Waals surface area contributed by atoms with Crippen molar-refractivity contribution < 1.29 is 13.9 Å². The van der Waals surface area contributed by atoms with Crippen LogP contribution in [0.15, 0.2) is 29.3 Å². The van der Waals surface area contributed by atoms with E-state index in [0.717, 1.165) is 0 Å². The van der Waals surface area contributed by atoms with Crippen LogP contribution in [-0.4, -0.2) is 25.3 Å². The molecule has 0 unspecified atom stereocenters. The summed E-state index contributed by atoms with van der Waals surface area (Å²) >= 11 is 0. The number of rotatable bonds is 4. The maximum atomic E-state index is 12.7. The first-order chi connectivity index (χ1) is 7.22. The molecule has 0 radical (unpaired) electrons. The zero-order valence-corrected chi connectivity index (χ0v) is 8.44. The van der Waals surface area contributed by atoms with Crippen molar-refractivity contribution in [3.05, 3.63) is 35.6 Å². The van der Waals surface area contributed by atoms with Gasteiger partial charge in [-0.05, 0) is 24.6 Å². The lowest BCUT2D eigenvalue weighted by molar-refractivity contribution is -0.141. The molecule has 4 heteroatoms. The molecule has 15 heavy (non-hydrogen) atoms. The molecule has 0 saturated carbocycles. The second kappa shape index (κ2) is 5.90. The summed E-state index contributed by atoms with van der Waals surface area (Å²) < 4.78 is 17.4. The molecule has 0 aliphatic rings. The number of benzene rings is 1. The van der Waals surface area contributed by atoms with E-state index in [1.807, 2.05) is 0 Å². The van der Waals surface area contributed by atoms with Gasteiger partial charge in [-0.15, -0.1) is 0 Å². The summed E-state index contributed by atoms with van der Waals surface area (Å²) in [7, 11) is 0. The van der Waals surface area contributed by atoms with Gasteiger partial charge in [0.05, 0.1) is 6.61 Å². The molecule has 0 fully saturated rings. The predicted octanol–water partition coefficient (Wildman–Crippen LogP) is 1.81. The molecule has 3 nitrogen and oxygen atoms in total. The Balaban J connectivity index is 2.48. The number of hydrogen-bond acceptors (Lipinski definition) is 3. The SMILES string of the molecule is CCOC(=O)CN=Cc1cccc(F)c1. The third-order valence-corrected chi connectivity index (χ3v) is 1.61. The Labute approximate surface area is 87.6 Å². The molecular formula is C11H12FNO2. The molecule has 0 saturated heterocycles. The van der Waals surface area contributed by atoms with E-state index in [1.165, 1.54) is 18.3 Å². The van der Waals surface area contributed by atoms with Crippen molar-refractivity contribution in [1.82, 2.24) is 0 Å². The lowest BCUT2D eigenvalue weighted by atomic mass is 10.2. The van der Waals surface area contributed by atoms with Crippen LogP contribution in [0.2, 0.25) is 0 Å². The van der Waals surface area contributed by atoms with Crippen LogP contribution in [0.3, 0.4) is 0 Å². The number of halogens is 1. The maximum Gasteiger partial charge on any atom is 0.327 e. The molecule has 1 aromatic carbocycles. The van der Waals surface area contributed by atoms with Gasteiger partial charge in [-0.2, -0.15) is 0 Å². The van der Waals surface area contributed by atoms with Crippen molar-refractivity contribution in [2.75, 3.05) is 13.2 Å². The van der Waals surface area contributed by atoms with E-state index in [-0.39, 0.29) is 18.3 Å². The van der Waals surface area contributed by atoms with Gasteiger partial charge in [-0.25, -0.2) is 4.39 Å². The van der Waals surface area contributed by atoms with Gasteiger partial charge in [0.2, 0.25) is 0 Å². The van der Waals surface area contributed by atoms with E-state index >= 15 is 0 Å². The molecule has 0 atom stereocenters. The third-order valence-electron chi connectivity index (χ3n) is 1.61. The smallest absolute Gasteiger partial charge is 0.327 e. The molecule has 0 amide bonds. The van der Waals surface area contributed by atoms with E-state index in [1.54, 1.807) is 19.1 Å². The van der Waals surface area contributed by atoms with Crippen molar-refractivity contribution in [3.8, 4) is 0 Å². The first-order valence-electron chi connectivity index (χ1n) is 4.63. The van der Waals surface area contributed by atoms with Crippen LogP contribution in [0.1, 0.15) is 12.5 Å². The van der Waals surface area contributed by atoms with Crippen LogP contribution < -0.4 is 0 Å². The van der Waals surface area contributed by atoms with Gasteiger partial charge in [-0.1, -0.05) is 12.1 Å². The molecular weight excluding hydrogens is 197 g/mol. The second-order valence-corrected chi connectivity index (χ2v) is 2.83. The zero-order valence-electron chi connectivity index (χ0n) is 8.44. The van der Waals surface area contributed by atoms with E-state index in [0.29, 0.717) is 12.2 Å². The van der Waals surface area contributed by atoms with Crippen LogP contribution in [0.5, 0.6) is 0 Å². The summed E-state index contributed by atoms with van der Waals surface area (Å²) in [6.45, 7) is 2.03. The van der Waals surface area contributed by atoms with Crippen LogP contribution in [-0.2, 0) is 9.53 Å². The Morgan fingerprint density at radius 1 is 1.60 bits per heavy atom. The highest BCUT2D eigenvalue weighted by Gasteiger charge is 1.97. The van der Waals surface area contributed by atoms with Gasteiger partial charge < -0.3 is 4.74 Å². The Bertz CT molecular complexity index is 363. The number of ether oxygens (including phenoxy) is 1. The predicted molar refractivity (Wildman–Crippen MR) is 55.5 cm³/mol. The van der Waals surface area contributed by atoms with E-state index in [4.69, 9.17) is 0 Å². The van der Waals surface area contributed by atoms with Gasteiger partial charge in [0.1, 0.15) is 12.4 Å². The molecule has 0 spiro atoms. The highest BCUT2D eigenvalue weighted by Crippen LogP contribution is 2.00. The molecule has 0 aliphatic carbocycles. The monoisotopic (exact) mass is 209 g/mol. The third kappa shape index (κ3) is 4.35. The lowest BCUT2D eigenvalue weighted by Crippen LogP contribution is -2.07. The van der Waals surface area contributed by atoms with Crippen LogP contribution >= 0.6 is 0 Å². The molecule has 1 rings (SSSR count). The Kier molecular flexibility index (Phi) is 4.47. The molecule has 0 bridgehead atoms. The zero-order chi connectivity index (χ0) is 11.1. The number of carbonyl (C=O) groups is 1. The average molecular weight is 209 g/mol. The first-order valence-corrected chi connectivity index (χ1v) is 4.63. The quantitative estimate of drug-likeness (QED) is 0.560. The topological polar surface area (TPSA) is 38.7 Å². The molecule has 0 N–H and O–H groups in total. The average Bonchev–Trinajstić information content (AvgIpc) is 2.18. The maximum absolute atomic E-state index is 12.7. The van der Waals surface area contributed by atoms with E-state index in [9.17, 15) is 9.18 Å². The summed E-state index contributed by atoms with van der Waals surface area (Å²) in [5.74, 6) is -0.708. The summed E-state index contributed by atoms with van der Waals surface area (Å²) in [5.41, 5.74) is 0.624. The second-order valence-electron chi connectivity index (χ2n) is 2.83. The molecule has 0 aliphatic heterocycles. The fourth-order valence-electron chi connectivity index (χ4n) is 1.02. The Morgan fingerprint density at radius 3 is 3.07 bits per heavy atom. The number of aliphatic imine (C=N–C) groups is 1. The minimum absolute atomic E-state index is 0.0373. The van der Waals surface area contributed by atoms with Gasteiger partial charge in [0, 0.05) is 6.21 Å². The molecule has 0 heterocycles. The van der Waals surface area contributed by atoms with Gasteiger partial charge in [0.25, 0.3) is 0 Å². The van der Waals surface area contributed by atoms with Crippen LogP contribution in [0, 0.1) is 5.82 Å². The minimum atomic E-state index is -0.384. The van der Waals surface area contributed by atoms with Crippen LogP contribution in [0.4, 0.5) is 4.39 Å². The number of carbonyl (C=O) groups excluding carboxylic acids is 1. The molecule has 0 aromatic heterocycles. The van der Waals surface area contributed by atoms with Crippen molar-refractivity contribution in [1.29, 1.82) is 0 Å². The number of nitrogens with zero attached hydrogens (tertiary/aromatic N) is 1. The summed E-state index contributed by atoms with van der Waals surface area (Å²) in [5, 5.41) is 0. The Morgan fingerprint density at radius 2 is 2.40 bits per heavy atom. The van der Waals surface area contributed by atoms with Crippen molar-refractivity contribution in [3.63, 3.8) is 0 Å². The van der Waals surface area contributed by atoms with Gasteiger partial charge in [-0.3, -0.25) is 9.79 Å². The minimum Gasteiger partial charge on any atom is -0.465 e. The number of hydrogen-bond donors (Lipinski definition) is 0. The van der Waals surface area contributed by atoms with E-state index < -0.39 is 0 Å². The van der Waals surface area contributed by atoms with Crippen molar-refractivity contribution in [2.45, 2.75) is 6.92 Å². The highest BCUT2D eigenvalue weighted by atomic mass is 19.1. The lowest BCUT2D eigenvalue weighted by Gasteiger charge is -1.96. The standard InChI is InChI=1S/C11H12FNO2/c1-2-15-11(14)8-13-7-9-4-3-5-10(12)6-9/h3-7H,2,8H2,1H3. The van der Waals surface area contributed by atoms with Gasteiger partial charge >= 0.3 is 5.97 Å². The Hall–Kier alpha value is -1.71. The largest absolute Gasteiger partial charge is 0.465 e. The number of esters is 1. The molecule has 1 aromatic rings. The highest BCUT2D eigenvalue weighted by molar-refractivity contribution is 5.82. The molecule has 80 valence electrons. The van der Waals surface area contributed by atoms with Crippen molar-refractivity contribution >= 4 is 12.2 Å². The van der Waals surface area contributed by atoms with Gasteiger partial charge in [0.15, 0.2) is 0 Å². The summed E-state index contributed by atoms with van der Waals surface area (Å²) in [6, 6.07) is 5.98. The summed E-state index contributed by atoms with van der Waals surface area (Å²) in [6.07, 6.45) is 1.44. The first kappa shape index (κ1) is 11.4. The van der Waals surface area contributed by atoms with Crippen molar-refractivity contribution in [2.24, 2.45) is 4.99 Å².